The smallest absolute Gasteiger partial charge is 0.240 e. The molecule has 1 aromatic heterocycles. The average Bonchev–Trinajstić information content (AvgIpc) is 2.41. The summed E-state index contributed by atoms with van der Waals surface area (Å²) in [6, 6.07) is 9.85. The number of nitrogens with zero attached hydrogens (tertiary/aromatic N) is 1. The van der Waals surface area contributed by atoms with Gasteiger partial charge in [0.1, 0.15) is 5.75 Å². The monoisotopic (exact) mass is 369 g/mol. The highest BCUT2D eigenvalue weighted by Gasteiger charge is 2.23. The quantitative estimate of drug-likeness (QED) is 0.855. The average molecular weight is 370 g/mol. The molecule has 0 radical (unpaired) electrons. The van der Waals surface area contributed by atoms with E-state index in [-0.39, 0.29) is 10.7 Å². The molecule has 0 saturated carbocycles. The van der Waals surface area contributed by atoms with Crippen molar-refractivity contribution in [1.82, 2.24) is 4.98 Å². The second kappa shape index (κ2) is 6.23. The zero-order valence-corrected chi connectivity index (χ0v) is 13.2. The number of amides is 1. The van der Waals surface area contributed by atoms with Crippen LogP contribution in [0.15, 0.2) is 52.1 Å². The Morgan fingerprint density at radius 1 is 1.24 bits per heavy atom. The van der Waals surface area contributed by atoms with Gasteiger partial charge in [0.25, 0.3) is 0 Å². The van der Waals surface area contributed by atoms with Crippen molar-refractivity contribution in [2.24, 2.45) is 0 Å². The van der Waals surface area contributed by atoms with Gasteiger partial charge in [-0.2, -0.15) is 0 Å². The number of nitrogens with one attached hydrogen (secondary N) is 1. The Labute approximate surface area is 130 Å². The number of hydrogen-bond donors (Lipinski definition) is 2. The Morgan fingerprint density at radius 2 is 1.95 bits per heavy atom. The van der Waals surface area contributed by atoms with Gasteiger partial charge in [-0.3, -0.25) is 4.79 Å². The fourth-order valence-electron chi connectivity index (χ4n) is 1.65. The third kappa shape index (κ3) is 3.79. The Kier molecular flexibility index (Phi) is 4.59. The molecular weight excluding hydrogens is 358 g/mol. The molecule has 0 aliphatic heterocycles. The maximum Gasteiger partial charge on any atom is 0.240 e. The summed E-state index contributed by atoms with van der Waals surface area (Å²) in [6.45, 7) is 0. The highest BCUT2D eigenvalue weighted by Crippen LogP contribution is 2.22. The number of aromatic nitrogens is 1. The van der Waals surface area contributed by atoms with E-state index in [1.165, 1.54) is 18.3 Å². The summed E-state index contributed by atoms with van der Waals surface area (Å²) >= 11 is 3.26. The molecule has 0 saturated heterocycles. The highest BCUT2D eigenvalue weighted by atomic mass is 79.9. The number of nitrogens with two attached hydrogens (primary N) is 1. The van der Waals surface area contributed by atoms with Crippen molar-refractivity contribution in [3.63, 3.8) is 0 Å². The van der Waals surface area contributed by atoms with Gasteiger partial charge in [0, 0.05) is 10.7 Å². The zero-order chi connectivity index (χ0) is 15.5. The standard InChI is InChI=1S/C13H12BrN3O3S/c14-9-4-1-2-6-11(9)17-12(18)8-21(19,20)13-10(15)5-3-7-16-13/h1-7H,8,15H2,(H,17,18). The first-order valence-corrected chi connectivity index (χ1v) is 8.32. The predicted octanol–water partition coefficient (Wildman–Crippen LogP) is 1.84. The number of nitrogen functional groups attached to an aromatic ring is 1. The predicted molar refractivity (Wildman–Crippen MR) is 83.5 cm³/mol. The van der Waals surface area contributed by atoms with Crippen molar-refractivity contribution in [1.29, 1.82) is 0 Å². The zero-order valence-electron chi connectivity index (χ0n) is 10.8. The molecule has 3 N–H and O–H groups in total. The van der Waals surface area contributed by atoms with Crippen molar-refractivity contribution < 1.29 is 13.2 Å². The molecule has 0 bridgehead atoms. The van der Waals surface area contributed by atoms with Gasteiger partial charge in [0.2, 0.25) is 15.7 Å². The van der Waals surface area contributed by atoms with Crippen LogP contribution < -0.4 is 11.1 Å². The van der Waals surface area contributed by atoms with Crippen LogP contribution in [0, 0.1) is 0 Å². The molecule has 6 nitrogen and oxygen atoms in total. The molecule has 2 aromatic rings. The van der Waals surface area contributed by atoms with Crippen molar-refractivity contribution in [3.8, 4) is 0 Å². The van der Waals surface area contributed by atoms with Crippen LogP contribution in [0.5, 0.6) is 0 Å². The molecule has 1 aromatic carbocycles. The highest BCUT2D eigenvalue weighted by molar-refractivity contribution is 9.10. The third-order valence-corrected chi connectivity index (χ3v) is 4.83. The lowest BCUT2D eigenvalue weighted by Gasteiger charge is -2.08. The number of halogens is 1. The van der Waals surface area contributed by atoms with Crippen molar-refractivity contribution >= 4 is 43.0 Å². The number of anilines is 2. The molecule has 0 spiro atoms. The molecule has 110 valence electrons. The third-order valence-electron chi connectivity index (χ3n) is 2.56. The fraction of sp³-hybridized carbons (Fsp3) is 0.0769. The number of hydrogen-bond acceptors (Lipinski definition) is 5. The van der Waals surface area contributed by atoms with Gasteiger partial charge in [-0.05, 0) is 40.2 Å². The minimum atomic E-state index is -3.89. The van der Waals surface area contributed by atoms with Crippen LogP contribution in [-0.2, 0) is 14.6 Å². The maximum absolute atomic E-state index is 12.1. The van der Waals surface area contributed by atoms with Gasteiger partial charge in [-0.25, -0.2) is 13.4 Å². The first-order valence-electron chi connectivity index (χ1n) is 5.88. The SMILES string of the molecule is Nc1cccnc1S(=O)(=O)CC(=O)Nc1ccccc1Br. The normalized spacial score (nSPS) is 11.1. The Morgan fingerprint density at radius 3 is 2.62 bits per heavy atom. The number of carbonyl (C=O) groups excluding carboxylic acids is 1. The van der Waals surface area contributed by atoms with Gasteiger partial charge >= 0.3 is 0 Å². The molecule has 2 rings (SSSR count). The number of carbonyl (C=O) groups is 1. The number of sulfone groups is 1. The van der Waals surface area contributed by atoms with Gasteiger partial charge in [0.15, 0.2) is 5.03 Å². The van der Waals surface area contributed by atoms with Gasteiger partial charge in [0.05, 0.1) is 11.4 Å². The van der Waals surface area contributed by atoms with E-state index in [0.717, 1.165) is 0 Å². The summed E-state index contributed by atoms with van der Waals surface area (Å²) in [6.07, 6.45) is 1.31. The molecular formula is C13H12BrN3O3S. The Balaban J connectivity index is 2.16. The van der Waals surface area contributed by atoms with Crippen LogP contribution in [0.2, 0.25) is 0 Å². The topological polar surface area (TPSA) is 102 Å². The molecule has 21 heavy (non-hydrogen) atoms. The van der Waals surface area contributed by atoms with E-state index in [0.29, 0.717) is 10.2 Å². The van der Waals surface area contributed by atoms with Crippen LogP contribution in [0.3, 0.4) is 0 Å². The molecule has 1 heterocycles. The van der Waals surface area contributed by atoms with Crippen molar-refractivity contribution in [3.05, 3.63) is 47.1 Å². The molecule has 0 unspecified atom stereocenters. The number of pyridine rings is 1. The van der Waals surface area contributed by atoms with Gasteiger partial charge in [-0.15, -0.1) is 0 Å². The summed E-state index contributed by atoms with van der Waals surface area (Å²) in [5, 5.41) is 2.24. The van der Waals surface area contributed by atoms with Crippen molar-refractivity contribution in [2.75, 3.05) is 16.8 Å². The number of benzene rings is 1. The molecule has 8 heteroatoms. The summed E-state index contributed by atoms with van der Waals surface area (Å²) < 4.78 is 24.9. The van der Waals surface area contributed by atoms with Crippen molar-refractivity contribution in [2.45, 2.75) is 5.03 Å². The summed E-state index contributed by atoms with van der Waals surface area (Å²) in [5.41, 5.74) is 6.09. The van der Waals surface area contributed by atoms with E-state index in [2.05, 4.69) is 26.2 Å². The largest absolute Gasteiger partial charge is 0.396 e. The molecule has 0 aliphatic carbocycles. The summed E-state index contributed by atoms with van der Waals surface area (Å²) in [5.74, 6) is -1.39. The van der Waals surface area contributed by atoms with E-state index < -0.39 is 21.5 Å². The first-order chi connectivity index (χ1) is 9.90. The lowest BCUT2D eigenvalue weighted by atomic mass is 10.3. The molecule has 0 fully saturated rings. The van der Waals surface area contributed by atoms with E-state index in [1.54, 1.807) is 24.3 Å². The summed E-state index contributed by atoms with van der Waals surface area (Å²) in [7, 11) is -3.89. The van der Waals surface area contributed by atoms with Gasteiger partial charge in [-0.1, -0.05) is 12.1 Å². The fourth-order valence-corrected chi connectivity index (χ4v) is 3.24. The maximum atomic E-state index is 12.1. The minimum Gasteiger partial charge on any atom is -0.396 e. The van der Waals surface area contributed by atoms with Crippen LogP contribution in [0.1, 0.15) is 0 Å². The van der Waals surface area contributed by atoms with Crippen LogP contribution in [0.4, 0.5) is 11.4 Å². The first kappa shape index (κ1) is 15.5. The molecule has 1 amide bonds. The van der Waals surface area contributed by atoms with Crippen LogP contribution in [-0.4, -0.2) is 25.1 Å². The Hall–Kier alpha value is -1.93. The molecule has 0 atom stereocenters. The number of rotatable bonds is 4. The van der Waals surface area contributed by atoms with E-state index >= 15 is 0 Å². The minimum absolute atomic E-state index is 0.0196. The lowest BCUT2D eigenvalue weighted by molar-refractivity contribution is -0.113. The van der Waals surface area contributed by atoms with Crippen LogP contribution in [0.25, 0.3) is 0 Å². The van der Waals surface area contributed by atoms with Gasteiger partial charge < -0.3 is 11.1 Å². The van der Waals surface area contributed by atoms with E-state index in [1.807, 2.05) is 0 Å². The second-order valence-electron chi connectivity index (χ2n) is 4.18. The Bertz CT molecular complexity index is 778. The van der Waals surface area contributed by atoms with Crippen LogP contribution >= 0.6 is 15.9 Å². The number of para-hydroxylation sites is 1. The molecule has 0 aliphatic rings. The summed E-state index contributed by atoms with van der Waals surface area (Å²) in [4.78, 5) is 15.6. The van der Waals surface area contributed by atoms with E-state index in [9.17, 15) is 13.2 Å². The second-order valence-corrected chi connectivity index (χ2v) is 6.94. The lowest BCUT2D eigenvalue weighted by Crippen LogP contribution is -2.24. The van der Waals surface area contributed by atoms with E-state index in [4.69, 9.17) is 5.73 Å².